The zero-order valence-corrected chi connectivity index (χ0v) is 15.0. The predicted molar refractivity (Wildman–Crippen MR) is 103 cm³/mol. The van der Waals surface area contributed by atoms with Crippen molar-refractivity contribution in [3.8, 4) is 0 Å². The average molecular weight is 358 g/mol. The van der Waals surface area contributed by atoms with E-state index in [1.54, 1.807) is 0 Å². The zero-order valence-electron chi connectivity index (χ0n) is 15.0. The van der Waals surface area contributed by atoms with E-state index in [-0.39, 0.29) is 11.9 Å². The fourth-order valence-corrected chi connectivity index (χ4v) is 3.63. The summed E-state index contributed by atoms with van der Waals surface area (Å²) in [5.41, 5.74) is 4.55. The summed E-state index contributed by atoms with van der Waals surface area (Å²) in [6.07, 6.45) is 2.64. The Labute approximate surface area is 157 Å². The van der Waals surface area contributed by atoms with Gasteiger partial charge in [-0.2, -0.15) is 0 Å². The molecule has 2 N–H and O–H groups in total. The Hall–Kier alpha value is -3.41. The molecule has 0 spiro atoms. The quantitative estimate of drug-likeness (QED) is 0.693. The second-order valence-corrected chi connectivity index (χ2v) is 6.97. The standard InChI is InChI=1S/C21H19N5O/c1-14-7-9-15(10-8-14)17-13-18(16-5-3-2-4-6-16)26-21(22-17)25-12-11-19(27)23-20(25)24-26/h2-10,13,18H,11-12H2,1H3,(H,23,24,27)/p+1. The number of amides is 1. The van der Waals surface area contributed by atoms with E-state index in [0.29, 0.717) is 18.9 Å². The van der Waals surface area contributed by atoms with E-state index in [9.17, 15) is 4.79 Å². The van der Waals surface area contributed by atoms with E-state index in [0.717, 1.165) is 22.8 Å². The smallest absolute Gasteiger partial charge is 0.275 e. The van der Waals surface area contributed by atoms with Crippen LogP contribution in [0.1, 0.15) is 29.2 Å². The summed E-state index contributed by atoms with van der Waals surface area (Å²) < 4.78 is 3.99. The van der Waals surface area contributed by atoms with Crippen molar-refractivity contribution in [2.24, 2.45) is 0 Å². The first kappa shape index (κ1) is 15.8. The number of anilines is 2. The molecule has 3 heterocycles. The number of carbonyl (C=O) groups is 1. The van der Waals surface area contributed by atoms with E-state index in [4.69, 9.17) is 0 Å². The molecular formula is C21H20N5O+. The Morgan fingerprint density at radius 1 is 1.07 bits per heavy atom. The van der Waals surface area contributed by atoms with Crippen LogP contribution in [0.4, 0.5) is 11.9 Å². The molecule has 2 aliphatic heterocycles. The number of hydrogen-bond acceptors (Lipinski definition) is 3. The van der Waals surface area contributed by atoms with E-state index < -0.39 is 0 Å². The summed E-state index contributed by atoms with van der Waals surface area (Å²) in [5.74, 6) is 1.48. The molecule has 134 valence electrons. The van der Waals surface area contributed by atoms with Crippen molar-refractivity contribution < 1.29 is 9.36 Å². The minimum Gasteiger partial charge on any atom is -0.275 e. The summed E-state index contributed by atoms with van der Waals surface area (Å²) in [5, 5.41) is 11.1. The van der Waals surface area contributed by atoms with Crippen LogP contribution in [0.15, 0.2) is 60.7 Å². The van der Waals surface area contributed by atoms with Gasteiger partial charge in [0.15, 0.2) is 0 Å². The van der Waals surface area contributed by atoms with Gasteiger partial charge >= 0.3 is 11.9 Å². The van der Waals surface area contributed by atoms with Gasteiger partial charge in [-0.25, -0.2) is 9.88 Å². The molecule has 2 aromatic carbocycles. The molecule has 27 heavy (non-hydrogen) atoms. The molecule has 0 radical (unpaired) electrons. The van der Waals surface area contributed by atoms with Gasteiger partial charge < -0.3 is 0 Å². The first-order valence-electron chi connectivity index (χ1n) is 9.12. The Morgan fingerprint density at radius 3 is 2.63 bits per heavy atom. The van der Waals surface area contributed by atoms with Crippen LogP contribution in [-0.2, 0) is 11.3 Å². The van der Waals surface area contributed by atoms with Crippen molar-refractivity contribution in [2.45, 2.75) is 25.9 Å². The number of carbonyl (C=O) groups excluding carboxylic acids is 1. The number of rotatable bonds is 2. The number of benzene rings is 2. The Balaban J connectivity index is 1.66. The van der Waals surface area contributed by atoms with Crippen molar-refractivity contribution in [1.29, 1.82) is 0 Å². The molecule has 0 fully saturated rings. The summed E-state index contributed by atoms with van der Waals surface area (Å²) in [6, 6.07) is 18.7. The fraction of sp³-hybridized carbons (Fsp3) is 0.190. The van der Waals surface area contributed by atoms with Gasteiger partial charge in [0.25, 0.3) is 5.91 Å². The van der Waals surface area contributed by atoms with Crippen molar-refractivity contribution in [1.82, 2.24) is 9.78 Å². The Morgan fingerprint density at radius 2 is 1.85 bits per heavy atom. The molecule has 6 nitrogen and oxygen atoms in total. The van der Waals surface area contributed by atoms with Gasteiger partial charge in [0.2, 0.25) is 0 Å². The maximum absolute atomic E-state index is 11.8. The SMILES string of the molecule is Cc1ccc(C2=CC(c3ccccc3)n3nc4[n+](c3N2)CCC(=O)N4)cc1. The second kappa shape index (κ2) is 6.09. The lowest BCUT2D eigenvalue weighted by Crippen LogP contribution is -2.45. The predicted octanol–water partition coefficient (Wildman–Crippen LogP) is 2.88. The van der Waals surface area contributed by atoms with Crippen LogP contribution >= 0.6 is 0 Å². The lowest BCUT2D eigenvalue weighted by molar-refractivity contribution is -0.670. The maximum Gasteiger partial charge on any atom is 0.356 e. The monoisotopic (exact) mass is 358 g/mol. The lowest BCUT2D eigenvalue weighted by Gasteiger charge is -2.21. The minimum absolute atomic E-state index is 0.00780. The summed E-state index contributed by atoms with van der Waals surface area (Å²) in [7, 11) is 0. The number of nitrogens with one attached hydrogen (secondary N) is 2. The van der Waals surface area contributed by atoms with Gasteiger partial charge in [-0.3, -0.25) is 10.1 Å². The van der Waals surface area contributed by atoms with Crippen LogP contribution in [0.25, 0.3) is 5.70 Å². The van der Waals surface area contributed by atoms with Gasteiger partial charge in [0.05, 0.1) is 18.7 Å². The molecule has 1 amide bonds. The molecule has 6 heteroatoms. The highest BCUT2D eigenvalue weighted by Crippen LogP contribution is 2.33. The molecule has 1 aromatic heterocycles. The van der Waals surface area contributed by atoms with Crippen molar-refractivity contribution in [3.63, 3.8) is 0 Å². The maximum atomic E-state index is 11.8. The summed E-state index contributed by atoms with van der Waals surface area (Å²) >= 11 is 0. The number of fused-ring (bicyclic) bond motifs is 3. The Kier molecular flexibility index (Phi) is 3.57. The fourth-order valence-electron chi connectivity index (χ4n) is 3.63. The highest BCUT2D eigenvalue weighted by Gasteiger charge is 2.36. The van der Waals surface area contributed by atoms with Gasteiger partial charge in [0.1, 0.15) is 6.04 Å². The van der Waals surface area contributed by atoms with E-state index in [1.807, 2.05) is 27.4 Å². The third-order valence-corrected chi connectivity index (χ3v) is 5.08. The van der Waals surface area contributed by atoms with E-state index >= 15 is 0 Å². The number of allylic oxidation sites excluding steroid dienone is 1. The summed E-state index contributed by atoms with van der Waals surface area (Å²) in [6.45, 7) is 2.70. The molecular weight excluding hydrogens is 338 g/mol. The third-order valence-electron chi connectivity index (χ3n) is 5.08. The van der Waals surface area contributed by atoms with E-state index in [1.165, 1.54) is 5.56 Å². The minimum atomic E-state index is -0.0474. The van der Waals surface area contributed by atoms with Crippen molar-refractivity contribution >= 4 is 23.5 Å². The van der Waals surface area contributed by atoms with Crippen LogP contribution in [0.5, 0.6) is 0 Å². The molecule has 1 unspecified atom stereocenters. The molecule has 0 saturated heterocycles. The molecule has 1 atom stereocenters. The topological polar surface area (TPSA) is 62.8 Å². The number of nitrogens with zero attached hydrogens (tertiary/aromatic N) is 3. The molecule has 3 aromatic rings. The van der Waals surface area contributed by atoms with Crippen molar-refractivity contribution in [3.05, 3.63) is 77.4 Å². The normalized spacial score (nSPS) is 18.0. The van der Waals surface area contributed by atoms with Crippen LogP contribution in [-0.4, -0.2) is 15.7 Å². The molecule has 0 bridgehead atoms. The highest BCUT2D eigenvalue weighted by atomic mass is 16.2. The molecule has 0 saturated carbocycles. The Bertz CT molecular complexity index is 1050. The molecule has 2 aliphatic rings. The largest absolute Gasteiger partial charge is 0.356 e. The second-order valence-electron chi connectivity index (χ2n) is 6.97. The lowest BCUT2D eigenvalue weighted by atomic mass is 10.0. The third kappa shape index (κ3) is 2.70. The van der Waals surface area contributed by atoms with E-state index in [2.05, 4.69) is 65.1 Å². The molecule has 0 aliphatic carbocycles. The first-order valence-corrected chi connectivity index (χ1v) is 9.12. The summed E-state index contributed by atoms with van der Waals surface area (Å²) in [4.78, 5) is 11.8. The number of aryl methyl sites for hydroxylation is 1. The van der Waals surface area contributed by atoms with Gasteiger partial charge in [0, 0.05) is 10.7 Å². The van der Waals surface area contributed by atoms with Crippen LogP contribution in [0.3, 0.4) is 0 Å². The number of aromatic nitrogens is 3. The van der Waals surface area contributed by atoms with Gasteiger partial charge in [-0.15, -0.1) is 4.68 Å². The van der Waals surface area contributed by atoms with Gasteiger partial charge in [-0.05, 0) is 18.6 Å². The van der Waals surface area contributed by atoms with Crippen LogP contribution < -0.4 is 15.2 Å². The zero-order chi connectivity index (χ0) is 18.4. The molecule has 5 rings (SSSR count). The van der Waals surface area contributed by atoms with Crippen LogP contribution in [0, 0.1) is 6.92 Å². The highest BCUT2D eigenvalue weighted by molar-refractivity contribution is 5.89. The van der Waals surface area contributed by atoms with Crippen LogP contribution in [0.2, 0.25) is 0 Å². The van der Waals surface area contributed by atoms with Gasteiger partial charge in [-0.1, -0.05) is 60.2 Å². The number of hydrogen-bond donors (Lipinski definition) is 2. The average Bonchev–Trinajstić information content (AvgIpc) is 3.06. The van der Waals surface area contributed by atoms with Crippen molar-refractivity contribution in [2.75, 3.05) is 10.6 Å². The first-order chi connectivity index (χ1) is 13.2.